The molecule has 0 heterocycles. The number of benzene rings is 2. The van der Waals surface area contributed by atoms with Crippen LogP contribution in [0.3, 0.4) is 0 Å². The Labute approximate surface area is 153 Å². The first-order chi connectivity index (χ1) is 12.1. The fourth-order valence-electron chi connectivity index (χ4n) is 2.27. The Hall–Kier alpha value is -3.08. The van der Waals surface area contributed by atoms with Gasteiger partial charge in [-0.2, -0.15) is 0 Å². The highest BCUT2D eigenvalue weighted by molar-refractivity contribution is 6.06. The second-order valence-electron chi connectivity index (χ2n) is 7.25. The van der Waals surface area contributed by atoms with Crippen molar-refractivity contribution in [1.82, 2.24) is 0 Å². The van der Waals surface area contributed by atoms with Gasteiger partial charge in [0.2, 0.25) is 0 Å². The lowest BCUT2D eigenvalue weighted by Crippen LogP contribution is -2.15. The number of carbonyl (C=O) groups is 2. The molecule has 0 unspecified atom stereocenters. The van der Waals surface area contributed by atoms with Crippen LogP contribution in [0.4, 0.5) is 11.4 Å². The summed E-state index contributed by atoms with van der Waals surface area (Å²) < 4.78 is 0. The summed E-state index contributed by atoms with van der Waals surface area (Å²) in [5.74, 6) is -0.788. The Bertz CT molecular complexity index is 847. The number of hydrogen-bond acceptors (Lipinski definition) is 3. The molecule has 26 heavy (non-hydrogen) atoms. The highest BCUT2D eigenvalue weighted by Crippen LogP contribution is 2.28. The van der Waals surface area contributed by atoms with Crippen LogP contribution in [0.2, 0.25) is 0 Å². The Kier molecular flexibility index (Phi) is 5.50. The van der Waals surface area contributed by atoms with Crippen LogP contribution >= 0.6 is 0 Å². The number of anilines is 2. The van der Waals surface area contributed by atoms with Gasteiger partial charge in [0.1, 0.15) is 5.75 Å². The predicted octanol–water partition coefficient (Wildman–Crippen LogP) is 4.46. The van der Waals surface area contributed by atoms with E-state index in [9.17, 15) is 14.7 Å². The number of phenols is 1. The molecule has 2 aromatic carbocycles. The number of nitrogens with one attached hydrogen (secondary N) is 2. The molecule has 0 fully saturated rings. The van der Waals surface area contributed by atoms with E-state index in [-0.39, 0.29) is 28.7 Å². The van der Waals surface area contributed by atoms with Gasteiger partial charge in [-0.3, -0.25) is 9.59 Å². The average Bonchev–Trinajstić information content (AvgIpc) is 2.56. The number of hydrogen-bond donors (Lipinski definition) is 3. The Morgan fingerprint density at radius 1 is 1.00 bits per heavy atom. The van der Waals surface area contributed by atoms with E-state index in [2.05, 4.69) is 38.0 Å². The van der Waals surface area contributed by atoms with Crippen molar-refractivity contribution in [2.75, 3.05) is 10.6 Å². The molecule has 0 saturated heterocycles. The van der Waals surface area contributed by atoms with Gasteiger partial charge in [0, 0.05) is 22.9 Å². The van der Waals surface area contributed by atoms with Gasteiger partial charge >= 0.3 is 0 Å². The lowest BCUT2D eigenvalue weighted by molar-refractivity contribution is -0.112. The molecule has 0 spiro atoms. The molecular weight excluding hydrogens is 328 g/mol. The van der Waals surface area contributed by atoms with Crippen LogP contribution in [0.25, 0.3) is 0 Å². The minimum absolute atomic E-state index is 0.0112. The zero-order chi connectivity index (χ0) is 19.5. The molecule has 5 nitrogen and oxygen atoms in total. The number of amides is 2. The first kappa shape index (κ1) is 19.2. The number of phenolic OH excluding ortho intramolecular Hbond substituents is 1. The Morgan fingerprint density at radius 2 is 1.62 bits per heavy atom. The maximum Gasteiger partial charge on any atom is 0.255 e. The van der Waals surface area contributed by atoms with E-state index in [0.717, 1.165) is 5.56 Å². The van der Waals surface area contributed by atoms with Crippen LogP contribution < -0.4 is 10.6 Å². The van der Waals surface area contributed by atoms with Gasteiger partial charge in [0.25, 0.3) is 11.8 Å². The molecule has 5 heteroatoms. The van der Waals surface area contributed by atoms with Crippen molar-refractivity contribution in [2.45, 2.75) is 33.1 Å². The van der Waals surface area contributed by atoms with E-state index in [1.54, 1.807) is 25.1 Å². The molecule has 3 N–H and O–H groups in total. The zero-order valence-corrected chi connectivity index (χ0v) is 15.5. The molecule has 0 aliphatic carbocycles. The first-order valence-corrected chi connectivity index (χ1v) is 8.29. The second-order valence-corrected chi connectivity index (χ2v) is 7.25. The van der Waals surface area contributed by atoms with Crippen molar-refractivity contribution in [3.8, 4) is 5.75 Å². The van der Waals surface area contributed by atoms with Crippen LogP contribution in [0.5, 0.6) is 5.75 Å². The van der Waals surface area contributed by atoms with Crippen molar-refractivity contribution in [3.05, 3.63) is 65.7 Å². The van der Waals surface area contributed by atoms with E-state index in [1.165, 1.54) is 12.1 Å². The van der Waals surface area contributed by atoms with E-state index in [1.807, 2.05) is 12.1 Å². The van der Waals surface area contributed by atoms with E-state index >= 15 is 0 Å². The molecule has 0 radical (unpaired) electrons. The van der Waals surface area contributed by atoms with E-state index < -0.39 is 0 Å². The smallest absolute Gasteiger partial charge is 0.255 e. The number of rotatable bonds is 4. The molecule has 136 valence electrons. The zero-order valence-electron chi connectivity index (χ0n) is 15.5. The summed E-state index contributed by atoms with van der Waals surface area (Å²) in [6, 6.07) is 11.9. The quantitative estimate of drug-likeness (QED) is 0.562. The van der Waals surface area contributed by atoms with Crippen LogP contribution in [-0.2, 0) is 10.2 Å². The maximum atomic E-state index is 12.4. The van der Waals surface area contributed by atoms with Gasteiger partial charge in [0.05, 0.1) is 5.69 Å². The topological polar surface area (TPSA) is 78.4 Å². The third-order valence-corrected chi connectivity index (χ3v) is 3.90. The molecule has 2 rings (SSSR count). The van der Waals surface area contributed by atoms with Gasteiger partial charge in [0.15, 0.2) is 0 Å². The van der Waals surface area contributed by atoms with Crippen molar-refractivity contribution >= 4 is 23.2 Å². The summed E-state index contributed by atoms with van der Waals surface area (Å²) in [7, 11) is 0. The third kappa shape index (κ3) is 4.72. The molecule has 2 aromatic rings. The highest BCUT2D eigenvalue weighted by Gasteiger charge is 2.15. The van der Waals surface area contributed by atoms with E-state index in [4.69, 9.17) is 0 Å². The predicted molar refractivity (Wildman–Crippen MR) is 105 cm³/mol. The minimum Gasteiger partial charge on any atom is -0.506 e. The summed E-state index contributed by atoms with van der Waals surface area (Å²) >= 11 is 0. The molecule has 2 amide bonds. The lowest BCUT2D eigenvalue weighted by atomic mass is 9.87. The minimum atomic E-state index is -0.333. The molecular formula is C21H24N2O3. The summed E-state index contributed by atoms with van der Waals surface area (Å²) in [6.45, 7) is 11.5. The standard InChI is InChI=1S/C21H24N2O3/c1-13(2)19(25)22-16-10-11-17(18(24)12-16)23-20(26)14-6-8-15(9-7-14)21(3,4)5/h6-12,24H,1H2,2-5H3,(H,22,25)(H,23,26). The SMILES string of the molecule is C=C(C)C(=O)Nc1ccc(NC(=O)c2ccc(C(C)(C)C)cc2)c(O)c1. The van der Waals surface area contributed by atoms with Crippen LogP contribution in [0, 0.1) is 0 Å². The van der Waals surface area contributed by atoms with Gasteiger partial charge in [-0.1, -0.05) is 39.5 Å². The van der Waals surface area contributed by atoms with Crippen molar-refractivity contribution in [2.24, 2.45) is 0 Å². The van der Waals surface area contributed by atoms with Gasteiger partial charge in [-0.15, -0.1) is 0 Å². The van der Waals surface area contributed by atoms with Crippen molar-refractivity contribution in [3.63, 3.8) is 0 Å². The maximum absolute atomic E-state index is 12.4. The first-order valence-electron chi connectivity index (χ1n) is 8.29. The average molecular weight is 352 g/mol. The van der Waals surface area contributed by atoms with Crippen LogP contribution in [0.1, 0.15) is 43.6 Å². The molecule has 0 bridgehead atoms. The van der Waals surface area contributed by atoms with E-state index in [0.29, 0.717) is 16.8 Å². The molecule has 0 aliphatic rings. The number of carbonyl (C=O) groups excluding carboxylic acids is 2. The van der Waals surface area contributed by atoms with Crippen LogP contribution in [-0.4, -0.2) is 16.9 Å². The summed E-state index contributed by atoms with van der Waals surface area (Å²) in [5.41, 5.74) is 2.69. The third-order valence-electron chi connectivity index (χ3n) is 3.90. The largest absolute Gasteiger partial charge is 0.506 e. The second kappa shape index (κ2) is 7.44. The van der Waals surface area contributed by atoms with Crippen molar-refractivity contribution < 1.29 is 14.7 Å². The monoisotopic (exact) mass is 352 g/mol. The normalized spacial score (nSPS) is 10.9. The number of aromatic hydroxyl groups is 1. The summed E-state index contributed by atoms with van der Waals surface area (Å²) in [4.78, 5) is 24.0. The fourth-order valence-corrected chi connectivity index (χ4v) is 2.27. The fraction of sp³-hybridized carbons (Fsp3) is 0.238. The van der Waals surface area contributed by atoms with Gasteiger partial charge < -0.3 is 15.7 Å². The summed E-state index contributed by atoms with van der Waals surface area (Å²) in [6.07, 6.45) is 0. The molecule has 0 aromatic heterocycles. The molecule has 0 saturated carbocycles. The molecule has 0 atom stereocenters. The Balaban J connectivity index is 2.11. The van der Waals surface area contributed by atoms with Crippen LogP contribution in [0.15, 0.2) is 54.6 Å². The molecule has 0 aliphatic heterocycles. The summed E-state index contributed by atoms with van der Waals surface area (Å²) in [5, 5.41) is 15.4. The van der Waals surface area contributed by atoms with Gasteiger partial charge in [-0.25, -0.2) is 0 Å². The lowest BCUT2D eigenvalue weighted by Gasteiger charge is -2.19. The van der Waals surface area contributed by atoms with Gasteiger partial charge in [-0.05, 0) is 42.2 Å². The highest BCUT2D eigenvalue weighted by atomic mass is 16.3. The van der Waals surface area contributed by atoms with Crippen molar-refractivity contribution in [1.29, 1.82) is 0 Å². The Morgan fingerprint density at radius 3 is 2.12 bits per heavy atom.